The summed E-state index contributed by atoms with van der Waals surface area (Å²) in [6.45, 7) is 15.1. The molecule has 3 nitrogen and oxygen atoms in total. The number of ether oxygens (including phenoxy) is 3. The molecule has 0 N–H and O–H groups in total. The second-order valence-electron chi connectivity index (χ2n) is 9.55. The topological polar surface area (TPSA) is 27.7 Å². The minimum atomic E-state index is -0.147. The third-order valence-electron chi connectivity index (χ3n) is 5.63. The average Bonchev–Trinajstić information content (AvgIpc) is 2.66. The SMILES string of the molecule is CCCCOC(CCCC(C)CC(C)Br)OC(CCCC(C)CC(C)Br)OCCCC. The van der Waals surface area contributed by atoms with Crippen molar-refractivity contribution in [2.45, 2.75) is 141 Å². The molecule has 188 valence electrons. The van der Waals surface area contributed by atoms with E-state index in [4.69, 9.17) is 14.2 Å². The summed E-state index contributed by atoms with van der Waals surface area (Å²) >= 11 is 7.36. The summed E-state index contributed by atoms with van der Waals surface area (Å²) in [7, 11) is 0. The van der Waals surface area contributed by atoms with Gasteiger partial charge in [0.25, 0.3) is 0 Å². The van der Waals surface area contributed by atoms with E-state index in [1.165, 1.54) is 25.7 Å². The highest BCUT2D eigenvalue weighted by atomic mass is 79.9. The lowest BCUT2D eigenvalue weighted by Gasteiger charge is -2.26. The molecule has 6 unspecified atom stereocenters. The highest BCUT2D eigenvalue weighted by molar-refractivity contribution is 9.09. The summed E-state index contributed by atoms with van der Waals surface area (Å²) in [5.41, 5.74) is 0. The maximum absolute atomic E-state index is 6.41. The Bertz CT molecular complexity index is 346. The number of halogens is 2. The van der Waals surface area contributed by atoms with Crippen molar-refractivity contribution in [3.05, 3.63) is 0 Å². The quantitative estimate of drug-likeness (QED) is 0.0735. The summed E-state index contributed by atoms with van der Waals surface area (Å²) in [4.78, 5) is 1.17. The fourth-order valence-corrected chi connectivity index (χ4v) is 5.16. The van der Waals surface area contributed by atoms with Crippen molar-refractivity contribution in [2.24, 2.45) is 11.8 Å². The van der Waals surface area contributed by atoms with E-state index in [2.05, 4.69) is 73.4 Å². The predicted octanol–water partition coefficient (Wildman–Crippen LogP) is 9.25. The van der Waals surface area contributed by atoms with Crippen molar-refractivity contribution in [2.75, 3.05) is 13.2 Å². The summed E-state index contributed by atoms with van der Waals surface area (Å²) in [6, 6.07) is 0. The fourth-order valence-electron chi connectivity index (χ4n) is 3.88. The van der Waals surface area contributed by atoms with Gasteiger partial charge in [0, 0.05) is 22.9 Å². The van der Waals surface area contributed by atoms with Gasteiger partial charge in [0.2, 0.25) is 0 Å². The summed E-state index contributed by atoms with van der Waals surface area (Å²) in [5.74, 6) is 1.45. The predicted molar refractivity (Wildman–Crippen MR) is 142 cm³/mol. The number of rotatable bonds is 22. The Morgan fingerprint density at radius 1 is 0.581 bits per heavy atom. The van der Waals surface area contributed by atoms with E-state index in [9.17, 15) is 0 Å². The van der Waals surface area contributed by atoms with Gasteiger partial charge in [-0.1, -0.05) is 99.1 Å². The zero-order chi connectivity index (χ0) is 23.5. The molecule has 0 aliphatic heterocycles. The van der Waals surface area contributed by atoms with Gasteiger partial charge in [0.15, 0.2) is 12.6 Å². The standard InChI is InChI=1S/C26H52Br2O3/c1-7-9-17-29-25(15-11-13-21(3)19-23(5)27)31-26(30-18-10-8-2)16-12-14-22(4)20-24(6)28/h21-26H,7-20H2,1-6H3. The Morgan fingerprint density at radius 3 is 1.29 bits per heavy atom. The Balaban J connectivity index is 4.66. The minimum Gasteiger partial charge on any atom is -0.353 e. The van der Waals surface area contributed by atoms with Crippen LogP contribution in [0.2, 0.25) is 0 Å². The zero-order valence-electron chi connectivity index (χ0n) is 21.3. The van der Waals surface area contributed by atoms with E-state index >= 15 is 0 Å². The Labute approximate surface area is 211 Å². The molecule has 0 radical (unpaired) electrons. The van der Waals surface area contributed by atoms with Gasteiger partial charge >= 0.3 is 0 Å². The molecule has 0 fully saturated rings. The molecular formula is C26H52Br2O3. The van der Waals surface area contributed by atoms with Gasteiger partial charge in [-0.25, -0.2) is 0 Å². The van der Waals surface area contributed by atoms with Crippen molar-refractivity contribution >= 4 is 31.9 Å². The molecule has 0 aromatic heterocycles. The van der Waals surface area contributed by atoms with Crippen molar-refractivity contribution in [1.82, 2.24) is 0 Å². The lowest BCUT2D eigenvalue weighted by atomic mass is 9.99. The van der Waals surface area contributed by atoms with Crippen LogP contribution < -0.4 is 0 Å². The van der Waals surface area contributed by atoms with Crippen LogP contribution in [-0.4, -0.2) is 35.4 Å². The highest BCUT2D eigenvalue weighted by Crippen LogP contribution is 2.23. The Morgan fingerprint density at radius 2 is 0.968 bits per heavy atom. The molecule has 6 atom stereocenters. The van der Waals surface area contributed by atoms with Crippen LogP contribution in [0.5, 0.6) is 0 Å². The van der Waals surface area contributed by atoms with Gasteiger partial charge < -0.3 is 14.2 Å². The molecule has 0 aromatic carbocycles. The highest BCUT2D eigenvalue weighted by Gasteiger charge is 2.19. The first kappa shape index (κ1) is 31.8. The Kier molecular flexibility index (Phi) is 22.0. The fraction of sp³-hybridized carbons (Fsp3) is 1.00. The number of unbranched alkanes of at least 4 members (excludes halogenated alkanes) is 2. The third-order valence-corrected chi connectivity index (χ3v) is 6.38. The molecule has 0 aromatic rings. The van der Waals surface area contributed by atoms with Crippen molar-refractivity contribution in [3.8, 4) is 0 Å². The van der Waals surface area contributed by atoms with Crippen LogP contribution in [0.3, 0.4) is 0 Å². The van der Waals surface area contributed by atoms with Crippen LogP contribution in [0.1, 0.15) is 119 Å². The lowest BCUT2D eigenvalue weighted by molar-refractivity contribution is -0.250. The molecule has 0 saturated carbocycles. The van der Waals surface area contributed by atoms with Crippen LogP contribution >= 0.6 is 31.9 Å². The average molecular weight is 573 g/mol. The van der Waals surface area contributed by atoms with Crippen LogP contribution in [0, 0.1) is 11.8 Å². The van der Waals surface area contributed by atoms with E-state index in [0.29, 0.717) is 9.65 Å². The molecule has 0 heterocycles. The van der Waals surface area contributed by atoms with E-state index in [-0.39, 0.29) is 12.6 Å². The van der Waals surface area contributed by atoms with Crippen molar-refractivity contribution < 1.29 is 14.2 Å². The van der Waals surface area contributed by atoms with Gasteiger partial charge in [-0.2, -0.15) is 0 Å². The van der Waals surface area contributed by atoms with Gasteiger partial charge in [-0.3, -0.25) is 0 Å². The zero-order valence-corrected chi connectivity index (χ0v) is 24.5. The molecule has 0 bridgehead atoms. The number of alkyl halides is 2. The first-order valence-electron chi connectivity index (χ1n) is 12.9. The Hall–Kier alpha value is 0.840. The molecule has 0 rings (SSSR count). The molecule has 31 heavy (non-hydrogen) atoms. The minimum absolute atomic E-state index is 0.147. The van der Waals surface area contributed by atoms with Crippen LogP contribution in [0.15, 0.2) is 0 Å². The molecule has 0 spiro atoms. The van der Waals surface area contributed by atoms with Crippen LogP contribution in [0.25, 0.3) is 0 Å². The molecule has 0 aliphatic rings. The van der Waals surface area contributed by atoms with Gasteiger partial charge in [-0.05, 0) is 63.2 Å². The van der Waals surface area contributed by atoms with Crippen molar-refractivity contribution in [3.63, 3.8) is 0 Å². The molecular weight excluding hydrogens is 520 g/mol. The van der Waals surface area contributed by atoms with E-state index in [1.54, 1.807) is 0 Å². The normalized spacial score (nSPS) is 17.8. The molecule has 5 heteroatoms. The summed E-state index contributed by atoms with van der Waals surface area (Å²) in [6.07, 6.45) is 13.2. The monoisotopic (exact) mass is 570 g/mol. The largest absolute Gasteiger partial charge is 0.353 e. The summed E-state index contributed by atoms with van der Waals surface area (Å²) in [5, 5.41) is 0. The van der Waals surface area contributed by atoms with Gasteiger partial charge in [-0.15, -0.1) is 0 Å². The smallest absolute Gasteiger partial charge is 0.160 e. The van der Waals surface area contributed by atoms with E-state index < -0.39 is 0 Å². The molecule has 0 amide bonds. The molecule has 0 aliphatic carbocycles. The van der Waals surface area contributed by atoms with Gasteiger partial charge in [0.1, 0.15) is 0 Å². The summed E-state index contributed by atoms with van der Waals surface area (Å²) < 4.78 is 18.7. The van der Waals surface area contributed by atoms with Crippen LogP contribution in [0.4, 0.5) is 0 Å². The lowest BCUT2D eigenvalue weighted by Crippen LogP contribution is -2.28. The van der Waals surface area contributed by atoms with Crippen molar-refractivity contribution in [1.29, 1.82) is 0 Å². The second-order valence-corrected chi connectivity index (χ2v) is 12.7. The van der Waals surface area contributed by atoms with Crippen LogP contribution in [-0.2, 0) is 14.2 Å². The maximum Gasteiger partial charge on any atom is 0.160 e. The maximum atomic E-state index is 6.41. The first-order valence-corrected chi connectivity index (χ1v) is 14.8. The second kappa shape index (κ2) is 21.4. The van der Waals surface area contributed by atoms with E-state index in [1.807, 2.05) is 0 Å². The molecule has 0 saturated heterocycles. The third kappa shape index (κ3) is 21.1. The number of hydrogen-bond acceptors (Lipinski definition) is 3. The first-order chi connectivity index (χ1) is 14.8. The number of hydrogen-bond donors (Lipinski definition) is 0. The van der Waals surface area contributed by atoms with Gasteiger partial charge in [0.05, 0.1) is 0 Å². The van der Waals surface area contributed by atoms with E-state index in [0.717, 1.165) is 76.4 Å².